The Balaban J connectivity index is 2.34. The van der Waals surface area contributed by atoms with Gasteiger partial charge in [-0.1, -0.05) is 34.3 Å². The lowest BCUT2D eigenvalue weighted by atomic mass is 10.2. The Morgan fingerprint density at radius 3 is 2.18 bits per heavy atom. The Bertz CT molecular complexity index is 1190. The van der Waals surface area contributed by atoms with E-state index in [2.05, 4.69) is 5.10 Å². The molecule has 2 aromatic rings. The zero-order chi connectivity index (χ0) is 24.9. The number of benzene rings is 1. The van der Waals surface area contributed by atoms with Crippen molar-refractivity contribution in [3.63, 3.8) is 0 Å². The number of thioether (sulfide) groups is 1. The van der Waals surface area contributed by atoms with Crippen LogP contribution >= 0.6 is 35.0 Å². The number of anilines is 1. The first-order valence-corrected chi connectivity index (χ1v) is 11.7. The van der Waals surface area contributed by atoms with Crippen LogP contribution in [-0.2, 0) is 17.2 Å². The molecule has 1 atom stereocenters. The maximum absolute atomic E-state index is 13.3. The van der Waals surface area contributed by atoms with Gasteiger partial charge in [-0.25, -0.2) is 8.89 Å². The molecule has 1 aliphatic heterocycles. The summed E-state index contributed by atoms with van der Waals surface area (Å²) in [5.41, 5.74) is -5.61. The highest BCUT2D eigenvalue weighted by molar-refractivity contribution is 8.00. The number of alkyl halides is 6. The van der Waals surface area contributed by atoms with E-state index in [1.807, 2.05) is 0 Å². The van der Waals surface area contributed by atoms with E-state index >= 15 is 0 Å². The largest absolute Gasteiger partial charge is 0.446 e. The maximum atomic E-state index is 13.3. The smallest absolute Gasteiger partial charge is 0.270 e. The second kappa shape index (κ2) is 9.05. The van der Waals surface area contributed by atoms with Gasteiger partial charge in [0.25, 0.3) is 0 Å². The number of hydrogen-bond acceptors (Lipinski definition) is 4. The van der Waals surface area contributed by atoms with Gasteiger partial charge < -0.3 is 0 Å². The first-order chi connectivity index (χ1) is 15.1. The minimum atomic E-state index is -4.85. The minimum Gasteiger partial charge on any atom is -0.270 e. The van der Waals surface area contributed by atoms with Crippen LogP contribution < -0.4 is 4.31 Å². The van der Waals surface area contributed by atoms with Gasteiger partial charge >= 0.3 is 11.7 Å². The molecule has 0 spiro atoms. The Hall–Kier alpha value is -1.88. The Morgan fingerprint density at radius 1 is 1.12 bits per heavy atom. The van der Waals surface area contributed by atoms with Gasteiger partial charge in [-0.05, 0) is 37.7 Å². The molecule has 3 rings (SSSR count). The van der Waals surface area contributed by atoms with Gasteiger partial charge in [0.05, 0.1) is 32.8 Å². The van der Waals surface area contributed by atoms with E-state index < -0.39 is 66.4 Å². The molecule has 0 radical (unpaired) electrons. The SMILES string of the molecule is CC1=C(C)CS(=O)N(c2c(SC(F)(F)F)c(C#N)nn2-c2c(Cl)cc(C(F)(F)F)cc2Cl)C1. The summed E-state index contributed by atoms with van der Waals surface area (Å²) in [6, 6.07) is 2.62. The standard InChI is InChI=1S/C18H12Cl2F6N4OS2/c1-8-6-29(33(31)7-9(8)2)16-15(32-18(24,25)26)13(5-27)28-30(16)14-11(19)3-10(4-12(14)20)17(21,22)23/h3-4H,6-7H2,1-2H3. The predicted octanol–water partition coefficient (Wildman–Crippen LogP) is 6.50. The zero-order valence-electron chi connectivity index (χ0n) is 16.6. The van der Waals surface area contributed by atoms with Crippen LogP contribution in [0.15, 0.2) is 28.2 Å². The summed E-state index contributed by atoms with van der Waals surface area (Å²) in [5.74, 6) is -0.411. The summed E-state index contributed by atoms with van der Waals surface area (Å²) >= 11 is 11.4. The van der Waals surface area contributed by atoms with Crippen molar-refractivity contribution in [2.24, 2.45) is 0 Å². The molecule has 2 heterocycles. The molecule has 1 aromatic carbocycles. The lowest BCUT2D eigenvalue weighted by Gasteiger charge is -2.30. The molecular weight excluding hydrogens is 537 g/mol. The Kier molecular flexibility index (Phi) is 7.06. The highest BCUT2D eigenvalue weighted by Crippen LogP contribution is 2.47. The molecule has 0 amide bonds. The second-order valence-electron chi connectivity index (χ2n) is 6.92. The fourth-order valence-electron chi connectivity index (χ4n) is 2.96. The van der Waals surface area contributed by atoms with E-state index in [1.165, 1.54) is 0 Å². The summed E-state index contributed by atoms with van der Waals surface area (Å²) < 4.78 is 94.1. The number of nitriles is 1. The van der Waals surface area contributed by atoms with Crippen molar-refractivity contribution < 1.29 is 30.6 Å². The van der Waals surface area contributed by atoms with E-state index in [0.29, 0.717) is 17.7 Å². The lowest BCUT2D eigenvalue weighted by Crippen LogP contribution is -2.36. The molecule has 1 unspecified atom stereocenters. The summed E-state index contributed by atoms with van der Waals surface area (Å²) in [4.78, 5) is -0.669. The van der Waals surface area contributed by atoms with Crippen molar-refractivity contribution in [2.75, 3.05) is 16.6 Å². The van der Waals surface area contributed by atoms with Crippen LogP contribution in [-0.4, -0.2) is 31.8 Å². The van der Waals surface area contributed by atoms with Gasteiger partial charge in [0, 0.05) is 0 Å². The van der Waals surface area contributed by atoms with Crippen LogP contribution in [0.2, 0.25) is 10.0 Å². The van der Waals surface area contributed by atoms with Crippen molar-refractivity contribution in [3.05, 3.63) is 44.6 Å². The summed E-state index contributed by atoms with van der Waals surface area (Å²) in [5, 5.41) is 12.1. The fourth-order valence-corrected chi connectivity index (χ4v) is 5.84. The topological polar surface area (TPSA) is 61.9 Å². The average Bonchev–Trinajstić information content (AvgIpc) is 2.99. The number of halogens is 8. The van der Waals surface area contributed by atoms with Gasteiger partial charge in [0.1, 0.15) is 22.7 Å². The molecule has 178 valence electrons. The third-order valence-electron chi connectivity index (χ3n) is 4.63. The van der Waals surface area contributed by atoms with Gasteiger partial charge in [-0.15, -0.1) is 0 Å². The molecule has 0 saturated carbocycles. The predicted molar refractivity (Wildman–Crippen MR) is 114 cm³/mol. The van der Waals surface area contributed by atoms with Crippen molar-refractivity contribution in [2.45, 2.75) is 30.4 Å². The van der Waals surface area contributed by atoms with Crippen molar-refractivity contribution >= 4 is 51.8 Å². The van der Waals surface area contributed by atoms with Crippen molar-refractivity contribution in [1.29, 1.82) is 5.26 Å². The number of nitrogens with zero attached hydrogens (tertiary/aromatic N) is 4. The number of rotatable bonds is 3. The summed E-state index contributed by atoms with van der Waals surface area (Å²) in [6.07, 6.45) is -4.79. The first-order valence-electron chi connectivity index (χ1n) is 8.80. The molecule has 33 heavy (non-hydrogen) atoms. The average molecular weight is 549 g/mol. The van der Waals surface area contributed by atoms with Crippen molar-refractivity contribution in [3.8, 4) is 11.8 Å². The van der Waals surface area contributed by atoms with E-state index in [-0.39, 0.29) is 18.0 Å². The fraction of sp³-hybridized carbons (Fsp3) is 0.333. The summed E-state index contributed by atoms with van der Waals surface area (Å²) in [6.45, 7) is 3.34. The molecule has 1 aromatic heterocycles. The van der Waals surface area contributed by atoms with E-state index in [0.717, 1.165) is 14.6 Å². The monoisotopic (exact) mass is 548 g/mol. The normalized spacial score (nSPS) is 17.5. The maximum Gasteiger partial charge on any atom is 0.446 e. The third-order valence-corrected chi connectivity index (χ3v) is 7.49. The molecule has 15 heteroatoms. The quantitative estimate of drug-likeness (QED) is 0.249. The van der Waals surface area contributed by atoms with Crippen LogP contribution in [0.25, 0.3) is 5.69 Å². The first kappa shape index (κ1) is 25.7. The number of aromatic nitrogens is 2. The van der Waals surface area contributed by atoms with E-state index in [4.69, 9.17) is 23.2 Å². The van der Waals surface area contributed by atoms with Crippen LogP contribution in [0.5, 0.6) is 0 Å². The number of hydrogen-bond donors (Lipinski definition) is 0. The third kappa shape index (κ3) is 5.29. The minimum absolute atomic E-state index is 0.00347. The Labute approximate surface area is 200 Å². The lowest BCUT2D eigenvalue weighted by molar-refractivity contribution is -0.137. The summed E-state index contributed by atoms with van der Waals surface area (Å²) in [7, 11) is -1.86. The van der Waals surface area contributed by atoms with Crippen LogP contribution in [0.3, 0.4) is 0 Å². The van der Waals surface area contributed by atoms with Crippen LogP contribution in [0, 0.1) is 11.3 Å². The molecule has 0 saturated heterocycles. The van der Waals surface area contributed by atoms with Gasteiger partial charge in [-0.3, -0.25) is 4.31 Å². The van der Waals surface area contributed by atoms with Crippen molar-refractivity contribution in [1.82, 2.24) is 9.78 Å². The highest BCUT2D eigenvalue weighted by Gasteiger charge is 2.39. The molecular formula is C18H12Cl2F6N4OS2. The second-order valence-corrected chi connectivity index (χ2v) is 10.2. The van der Waals surface area contributed by atoms with Gasteiger partial charge in [0.15, 0.2) is 11.5 Å². The van der Waals surface area contributed by atoms with Gasteiger partial charge in [-0.2, -0.15) is 36.7 Å². The van der Waals surface area contributed by atoms with Crippen LogP contribution in [0.4, 0.5) is 32.2 Å². The molecule has 0 bridgehead atoms. The van der Waals surface area contributed by atoms with E-state index in [1.54, 1.807) is 19.9 Å². The molecule has 0 fully saturated rings. The van der Waals surface area contributed by atoms with Gasteiger partial charge in [0.2, 0.25) is 0 Å². The molecule has 5 nitrogen and oxygen atoms in total. The molecule has 0 N–H and O–H groups in total. The molecule has 0 aliphatic carbocycles. The Morgan fingerprint density at radius 2 is 1.70 bits per heavy atom. The molecule has 1 aliphatic rings. The highest BCUT2D eigenvalue weighted by atomic mass is 35.5. The van der Waals surface area contributed by atoms with Crippen LogP contribution in [0.1, 0.15) is 25.1 Å². The zero-order valence-corrected chi connectivity index (χ0v) is 19.8. The van der Waals surface area contributed by atoms with E-state index in [9.17, 15) is 35.8 Å².